The van der Waals surface area contributed by atoms with Gasteiger partial charge in [0.15, 0.2) is 11.5 Å². The van der Waals surface area contributed by atoms with E-state index >= 15 is 0 Å². The molecule has 0 bridgehead atoms. The minimum absolute atomic E-state index is 0.0702. The third kappa shape index (κ3) is 5.60. The minimum Gasteiger partial charge on any atom is -0.419 e. The van der Waals surface area contributed by atoms with Crippen molar-refractivity contribution < 1.29 is 19.1 Å². The summed E-state index contributed by atoms with van der Waals surface area (Å²) in [5.41, 5.74) is 2.52. The summed E-state index contributed by atoms with van der Waals surface area (Å²) in [7, 11) is 0. The van der Waals surface area contributed by atoms with E-state index < -0.39 is 11.9 Å². The van der Waals surface area contributed by atoms with Crippen molar-refractivity contribution in [2.24, 2.45) is 5.92 Å². The van der Waals surface area contributed by atoms with Crippen LogP contribution < -0.4 is 9.47 Å². The number of benzene rings is 3. The average molecular weight is 417 g/mol. The van der Waals surface area contributed by atoms with E-state index in [-0.39, 0.29) is 5.92 Å². The van der Waals surface area contributed by atoms with Crippen LogP contribution in [0, 0.1) is 5.92 Å². The maximum absolute atomic E-state index is 12.9. The van der Waals surface area contributed by atoms with Gasteiger partial charge in [0, 0.05) is 5.56 Å². The van der Waals surface area contributed by atoms with Crippen molar-refractivity contribution in [1.82, 2.24) is 0 Å². The van der Waals surface area contributed by atoms with Gasteiger partial charge in [-0.1, -0.05) is 76.2 Å². The number of ether oxygens (including phenoxy) is 2. The van der Waals surface area contributed by atoms with Crippen molar-refractivity contribution in [2.75, 3.05) is 0 Å². The first-order chi connectivity index (χ1) is 14.9. The Kier molecular flexibility index (Phi) is 7.24. The number of carbonyl (C=O) groups is 2. The topological polar surface area (TPSA) is 52.6 Å². The van der Waals surface area contributed by atoms with Crippen LogP contribution in [-0.4, -0.2) is 11.9 Å². The number of esters is 2. The van der Waals surface area contributed by atoms with E-state index in [1.807, 2.05) is 38.1 Å². The summed E-state index contributed by atoms with van der Waals surface area (Å²) in [5, 5.41) is 0. The minimum atomic E-state index is -0.485. The first-order valence-corrected chi connectivity index (χ1v) is 10.6. The lowest BCUT2D eigenvalue weighted by molar-refractivity contribution is 0.0679. The Morgan fingerprint density at radius 3 is 1.61 bits per heavy atom. The first kappa shape index (κ1) is 22.3. The van der Waals surface area contributed by atoms with Gasteiger partial charge >= 0.3 is 11.9 Å². The smallest absolute Gasteiger partial charge is 0.343 e. The Labute approximate surface area is 183 Å². The van der Waals surface area contributed by atoms with E-state index in [0.29, 0.717) is 35.0 Å². The standard InChI is InChI=1S/C27H28O4/c1-18(2)17-22-15-16-23(19(3)4)25(31-27(29)21-13-9-6-10-14-21)24(22)30-26(28)20-11-7-5-8-12-20/h5-16,18-19H,17H2,1-4H3. The quantitative estimate of drug-likeness (QED) is 0.328. The third-order valence-corrected chi connectivity index (χ3v) is 4.88. The summed E-state index contributed by atoms with van der Waals surface area (Å²) < 4.78 is 11.7. The van der Waals surface area contributed by atoms with Gasteiger partial charge in [0.05, 0.1) is 11.1 Å². The number of hydrogen-bond acceptors (Lipinski definition) is 4. The van der Waals surface area contributed by atoms with Gasteiger partial charge in [-0.05, 0) is 48.1 Å². The van der Waals surface area contributed by atoms with E-state index in [1.54, 1.807) is 48.5 Å². The molecule has 0 N–H and O–H groups in total. The molecule has 4 nitrogen and oxygen atoms in total. The molecule has 0 saturated heterocycles. The molecule has 0 aliphatic rings. The second-order valence-electron chi connectivity index (χ2n) is 8.24. The molecule has 4 heteroatoms. The van der Waals surface area contributed by atoms with Crippen LogP contribution in [0.5, 0.6) is 11.5 Å². The molecule has 0 aliphatic carbocycles. The van der Waals surface area contributed by atoms with Gasteiger partial charge < -0.3 is 9.47 Å². The summed E-state index contributed by atoms with van der Waals surface area (Å²) in [4.78, 5) is 25.7. The monoisotopic (exact) mass is 416 g/mol. The Hall–Kier alpha value is -3.40. The highest BCUT2D eigenvalue weighted by atomic mass is 16.6. The summed E-state index contributed by atoms with van der Waals surface area (Å²) in [5.74, 6) is 0.0617. The summed E-state index contributed by atoms with van der Waals surface area (Å²) >= 11 is 0. The van der Waals surface area contributed by atoms with Gasteiger partial charge in [-0.2, -0.15) is 0 Å². The molecule has 0 spiro atoms. The van der Waals surface area contributed by atoms with Crippen molar-refractivity contribution >= 4 is 11.9 Å². The maximum Gasteiger partial charge on any atom is 0.343 e. The van der Waals surface area contributed by atoms with E-state index in [0.717, 1.165) is 11.1 Å². The SMILES string of the molecule is CC(C)Cc1ccc(C(C)C)c(OC(=O)c2ccccc2)c1OC(=O)c1ccccc1. The average Bonchev–Trinajstić information content (AvgIpc) is 2.76. The van der Waals surface area contributed by atoms with Gasteiger partial charge in [0.1, 0.15) is 0 Å². The maximum atomic E-state index is 12.9. The Balaban J connectivity index is 2.08. The highest BCUT2D eigenvalue weighted by molar-refractivity contribution is 5.93. The van der Waals surface area contributed by atoms with Crippen LogP contribution in [0.2, 0.25) is 0 Å². The van der Waals surface area contributed by atoms with Crippen molar-refractivity contribution in [1.29, 1.82) is 0 Å². The number of hydrogen-bond donors (Lipinski definition) is 0. The van der Waals surface area contributed by atoms with Crippen LogP contribution >= 0.6 is 0 Å². The van der Waals surface area contributed by atoms with E-state index in [9.17, 15) is 9.59 Å². The molecule has 0 radical (unpaired) electrons. The van der Waals surface area contributed by atoms with Crippen molar-refractivity contribution in [3.05, 3.63) is 95.1 Å². The molecular weight excluding hydrogens is 388 g/mol. The molecular formula is C27H28O4. The predicted octanol–water partition coefficient (Wildman–Crippen LogP) is 6.45. The number of carbonyl (C=O) groups excluding carboxylic acids is 2. The molecule has 0 unspecified atom stereocenters. The molecule has 0 saturated carbocycles. The molecule has 0 atom stereocenters. The van der Waals surface area contributed by atoms with Crippen LogP contribution in [0.1, 0.15) is 65.5 Å². The van der Waals surface area contributed by atoms with Crippen molar-refractivity contribution in [3.8, 4) is 11.5 Å². The number of rotatable bonds is 7. The van der Waals surface area contributed by atoms with E-state index in [2.05, 4.69) is 13.8 Å². The fourth-order valence-electron chi connectivity index (χ4n) is 3.34. The van der Waals surface area contributed by atoms with Crippen LogP contribution in [-0.2, 0) is 6.42 Å². The van der Waals surface area contributed by atoms with Gasteiger partial charge in [-0.25, -0.2) is 9.59 Å². The highest BCUT2D eigenvalue weighted by Crippen LogP contribution is 2.40. The first-order valence-electron chi connectivity index (χ1n) is 10.6. The Bertz CT molecular complexity index is 1040. The summed E-state index contributed by atoms with van der Waals surface area (Å²) in [6, 6.07) is 21.5. The van der Waals surface area contributed by atoms with Gasteiger partial charge in [-0.3, -0.25) is 0 Å². The molecule has 0 amide bonds. The van der Waals surface area contributed by atoms with E-state index in [1.165, 1.54) is 0 Å². The van der Waals surface area contributed by atoms with Crippen LogP contribution in [0.3, 0.4) is 0 Å². The van der Waals surface area contributed by atoms with Gasteiger partial charge in [0.25, 0.3) is 0 Å². The third-order valence-electron chi connectivity index (χ3n) is 4.88. The second kappa shape index (κ2) is 10.1. The zero-order valence-corrected chi connectivity index (χ0v) is 18.4. The lowest BCUT2D eigenvalue weighted by Gasteiger charge is -2.20. The Morgan fingerprint density at radius 1 is 0.677 bits per heavy atom. The fraction of sp³-hybridized carbons (Fsp3) is 0.259. The van der Waals surface area contributed by atoms with E-state index in [4.69, 9.17) is 9.47 Å². The molecule has 0 fully saturated rings. The molecule has 160 valence electrons. The van der Waals surface area contributed by atoms with Crippen molar-refractivity contribution in [3.63, 3.8) is 0 Å². The zero-order valence-electron chi connectivity index (χ0n) is 18.4. The zero-order chi connectivity index (χ0) is 22.4. The highest BCUT2D eigenvalue weighted by Gasteiger charge is 2.24. The molecule has 0 heterocycles. The lowest BCUT2D eigenvalue weighted by atomic mass is 9.95. The van der Waals surface area contributed by atoms with Gasteiger partial charge in [0.2, 0.25) is 0 Å². The molecule has 0 aliphatic heterocycles. The molecule has 3 rings (SSSR count). The predicted molar refractivity (Wildman–Crippen MR) is 122 cm³/mol. The van der Waals surface area contributed by atoms with Crippen LogP contribution in [0.25, 0.3) is 0 Å². The fourth-order valence-corrected chi connectivity index (χ4v) is 3.34. The molecule has 0 aromatic heterocycles. The molecule has 3 aromatic rings. The van der Waals surface area contributed by atoms with Crippen LogP contribution in [0.4, 0.5) is 0 Å². The van der Waals surface area contributed by atoms with Gasteiger partial charge in [-0.15, -0.1) is 0 Å². The van der Waals surface area contributed by atoms with Crippen molar-refractivity contribution in [2.45, 2.75) is 40.0 Å². The second-order valence-corrected chi connectivity index (χ2v) is 8.24. The summed E-state index contributed by atoms with van der Waals surface area (Å²) in [6.45, 7) is 8.21. The van der Waals surface area contributed by atoms with Crippen LogP contribution in [0.15, 0.2) is 72.8 Å². The molecule has 3 aromatic carbocycles. The normalized spacial score (nSPS) is 10.9. The molecule has 31 heavy (non-hydrogen) atoms. The largest absolute Gasteiger partial charge is 0.419 e. The lowest BCUT2D eigenvalue weighted by Crippen LogP contribution is -2.16. The Morgan fingerprint density at radius 2 is 1.16 bits per heavy atom. The summed E-state index contributed by atoms with van der Waals surface area (Å²) in [6.07, 6.45) is 0.686.